The zero-order valence-electron chi connectivity index (χ0n) is 17.3. The molecular formula is C21H29N5O3. The van der Waals surface area contributed by atoms with Gasteiger partial charge in [0.25, 0.3) is 11.5 Å². The summed E-state index contributed by atoms with van der Waals surface area (Å²) in [6, 6.07) is 3.02. The highest BCUT2D eigenvalue weighted by molar-refractivity contribution is 5.94. The Hall–Kier alpha value is -2.90. The molecule has 2 aromatic heterocycles. The van der Waals surface area contributed by atoms with Crippen LogP contribution in [0.25, 0.3) is 0 Å². The lowest BCUT2D eigenvalue weighted by molar-refractivity contribution is -0.122. The molecule has 0 unspecified atom stereocenters. The third kappa shape index (κ3) is 4.93. The van der Waals surface area contributed by atoms with Crippen molar-refractivity contribution >= 4 is 11.8 Å². The van der Waals surface area contributed by atoms with Crippen LogP contribution in [0.2, 0.25) is 0 Å². The largest absolute Gasteiger partial charge is 0.349 e. The summed E-state index contributed by atoms with van der Waals surface area (Å²) in [5.74, 6) is -0.663. The van der Waals surface area contributed by atoms with Crippen LogP contribution in [-0.4, -0.2) is 32.2 Å². The summed E-state index contributed by atoms with van der Waals surface area (Å²) in [5, 5.41) is 10.0. The number of aromatic nitrogens is 3. The Balaban J connectivity index is 1.65. The number of rotatable bonds is 6. The first kappa shape index (κ1) is 20.8. The van der Waals surface area contributed by atoms with Crippen LogP contribution >= 0.6 is 0 Å². The van der Waals surface area contributed by atoms with Crippen molar-refractivity contribution in [3.05, 3.63) is 51.7 Å². The van der Waals surface area contributed by atoms with Gasteiger partial charge in [-0.25, -0.2) is 0 Å². The third-order valence-corrected chi connectivity index (χ3v) is 5.64. The number of carbonyl (C=O) groups is 2. The van der Waals surface area contributed by atoms with E-state index in [-0.39, 0.29) is 36.0 Å². The highest BCUT2D eigenvalue weighted by Crippen LogP contribution is 2.18. The van der Waals surface area contributed by atoms with E-state index >= 15 is 0 Å². The number of carbonyl (C=O) groups excluding carboxylic acids is 2. The standard InChI is InChI=1S/C21H29N5O3/c1-14(18-12-22-25(3)15(18)2)23-19(27)13-26-11-7-10-17(21(26)29)20(28)24-16-8-5-4-6-9-16/h7,10-12,14,16H,4-6,8-9,13H2,1-3H3,(H,23,27)(H,24,28)/t14-/m0/s1. The lowest BCUT2D eigenvalue weighted by Crippen LogP contribution is -2.41. The molecule has 0 radical (unpaired) electrons. The predicted molar refractivity (Wildman–Crippen MR) is 110 cm³/mol. The first-order valence-corrected chi connectivity index (χ1v) is 10.1. The van der Waals surface area contributed by atoms with Crippen molar-refractivity contribution in [2.45, 2.75) is 64.6 Å². The second-order valence-electron chi connectivity index (χ2n) is 7.76. The molecule has 0 bridgehead atoms. The molecule has 8 heteroatoms. The summed E-state index contributed by atoms with van der Waals surface area (Å²) in [7, 11) is 1.84. The van der Waals surface area contributed by atoms with E-state index in [1.165, 1.54) is 23.3 Å². The minimum atomic E-state index is -0.457. The van der Waals surface area contributed by atoms with Crippen molar-refractivity contribution in [3.8, 4) is 0 Å². The normalized spacial score (nSPS) is 15.7. The highest BCUT2D eigenvalue weighted by atomic mass is 16.2. The van der Waals surface area contributed by atoms with Crippen molar-refractivity contribution in [2.24, 2.45) is 7.05 Å². The van der Waals surface area contributed by atoms with Crippen LogP contribution < -0.4 is 16.2 Å². The summed E-state index contributed by atoms with van der Waals surface area (Å²) in [4.78, 5) is 37.7. The zero-order valence-corrected chi connectivity index (χ0v) is 17.3. The SMILES string of the molecule is Cc1c([C@H](C)NC(=O)Cn2cccc(C(=O)NC3CCCCC3)c2=O)cnn1C. The first-order valence-electron chi connectivity index (χ1n) is 10.1. The molecule has 1 saturated carbocycles. The van der Waals surface area contributed by atoms with E-state index in [1.54, 1.807) is 16.9 Å². The van der Waals surface area contributed by atoms with Crippen molar-refractivity contribution < 1.29 is 9.59 Å². The minimum absolute atomic E-state index is 0.0713. The van der Waals surface area contributed by atoms with Gasteiger partial charge in [0, 0.05) is 30.5 Å². The fourth-order valence-corrected chi connectivity index (χ4v) is 3.80. The maximum Gasteiger partial charge on any atom is 0.263 e. The average molecular weight is 399 g/mol. The molecule has 29 heavy (non-hydrogen) atoms. The van der Waals surface area contributed by atoms with E-state index < -0.39 is 5.56 Å². The molecule has 0 aromatic carbocycles. The van der Waals surface area contributed by atoms with Gasteiger partial charge in [-0.05, 0) is 38.8 Å². The van der Waals surface area contributed by atoms with Gasteiger partial charge in [-0.3, -0.25) is 19.1 Å². The van der Waals surface area contributed by atoms with Gasteiger partial charge in [-0.15, -0.1) is 0 Å². The van der Waals surface area contributed by atoms with Crippen LogP contribution in [0.5, 0.6) is 0 Å². The number of hydrogen-bond acceptors (Lipinski definition) is 4. The Bertz CT molecular complexity index is 940. The van der Waals surface area contributed by atoms with Crippen molar-refractivity contribution in [2.75, 3.05) is 0 Å². The zero-order chi connectivity index (χ0) is 21.0. The van der Waals surface area contributed by atoms with E-state index in [9.17, 15) is 14.4 Å². The van der Waals surface area contributed by atoms with Crippen LogP contribution in [-0.2, 0) is 18.4 Å². The Morgan fingerprint density at radius 2 is 2.00 bits per heavy atom. The Morgan fingerprint density at radius 3 is 2.66 bits per heavy atom. The number of hydrogen-bond donors (Lipinski definition) is 2. The van der Waals surface area contributed by atoms with Crippen molar-refractivity contribution in [1.82, 2.24) is 25.0 Å². The molecule has 1 fully saturated rings. The van der Waals surface area contributed by atoms with Crippen molar-refractivity contribution in [3.63, 3.8) is 0 Å². The molecule has 1 aliphatic carbocycles. The second kappa shape index (κ2) is 9.07. The molecule has 1 atom stereocenters. The van der Waals surface area contributed by atoms with Gasteiger partial charge in [0.05, 0.1) is 12.2 Å². The molecule has 2 N–H and O–H groups in total. The molecule has 0 spiro atoms. The molecular weight excluding hydrogens is 370 g/mol. The number of nitrogens with zero attached hydrogens (tertiary/aromatic N) is 3. The number of nitrogens with one attached hydrogen (secondary N) is 2. The van der Waals surface area contributed by atoms with E-state index in [0.717, 1.165) is 36.9 Å². The van der Waals surface area contributed by atoms with Crippen LogP contribution in [0.1, 0.15) is 66.7 Å². The summed E-state index contributed by atoms with van der Waals surface area (Å²) >= 11 is 0. The summed E-state index contributed by atoms with van der Waals surface area (Å²) in [6.45, 7) is 3.66. The van der Waals surface area contributed by atoms with Gasteiger partial charge in [-0.1, -0.05) is 19.3 Å². The summed E-state index contributed by atoms with van der Waals surface area (Å²) in [6.07, 6.45) is 8.53. The monoisotopic (exact) mass is 399 g/mol. The maximum absolute atomic E-state index is 12.7. The molecule has 156 valence electrons. The van der Waals surface area contributed by atoms with Crippen LogP contribution in [0, 0.1) is 6.92 Å². The van der Waals surface area contributed by atoms with Crippen molar-refractivity contribution in [1.29, 1.82) is 0 Å². The van der Waals surface area contributed by atoms with Gasteiger partial charge in [0.2, 0.25) is 5.91 Å². The lowest BCUT2D eigenvalue weighted by atomic mass is 9.95. The molecule has 3 rings (SSSR count). The smallest absolute Gasteiger partial charge is 0.263 e. The fraction of sp³-hybridized carbons (Fsp3) is 0.524. The lowest BCUT2D eigenvalue weighted by Gasteiger charge is -2.22. The first-order chi connectivity index (χ1) is 13.9. The summed E-state index contributed by atoms with van der Waals surface area (Å²) in [5.41, 5.74) is 1.51. The van der Waals surface area contributed by atoms with Crippen LogP contribution in [0.4, 0.5) is 0 Å². The van der Waals surface area contributed by atoms with Gasteiger partial charge in [-0.2, -0.15) is 5.10 Å². The molecule has 2 aromatic rings. The average Bonchev–Trinajstić information content (AvgIpc) is 3.03. The third-order valence-electron chi connectivity index (χ3n) is 5.64. The molecule has 8 nitrogen and oxygen atoms in total. The van der Waals surface area contributed by atoms with Gasteiger partial charge in [0.15, 0.2) is 0 Å². The molecule has 0 aliphatic heterocycles. The second-order valence-corrected chi connectivity index (χ2v) is 7.76. The molecule has 2 heterocycles. The maximum atomic E-state index is 12.7. The molecule has 1 aliphatic rings. The number of aryl methyl sites for hydroxylation is 1. The van der Waals surface area contributed by atoms with E-state index in [0.29, 0.717) is 0 Å². The molecule has 0 saturated heterocycles. The van der Waals surface area contributed by atoms with Crippen LogP contribution in [0.3, 0.4) is 0 Å². The van der Waals surface area contributed by atoms with E-state index in [1.807, 2.05) is 20.9 Å². The Morgan fingerprint density at radius 1 is 1.28 bits per heavy atom. The summed E-state index contributed by atoms with van der Waals surface area (Å²) < 4.78 is 3.02. The van der Waals surface area contributed by atoms with Crippen LogP contribution in [0.15, 0.2) is 29.3 Å². The number of pyridine rings is 1. The predicted octanol–water partition coefficient (Wildman–Crippen LogP) is 1.83. The highest BCUT2D eigenvalue weighted by Gasteiger charge is 2.20. The van der Waals surface area contributed by atoms with Gasteiger partial charge < -0.3 is 15.2 Å². The quantitative estimate of drug-likeness (QED) is 0.774. The van der Waals surface area contributed by atoms with E-state index in [2.05, 4.69) is 15.7 Å². The van der Waals surface area contributed by atoms with Gasteiger partial charge >= 0.3 is 0 Å². The fourth-order valence-electron chi connectivity index (χ4n) is 3.80. The van der Waals surface area contributed by atoms with Gasteiger partial charge in [0.1, 0.15) is 12.1 Å². The topological polar surface area (TPSA) is 98.0 Å². The Labute approximate surface area is 170 Å². The minimum Gasteiger partial charge on any atom is -0.349 e. The van der Waals surface area contributed by atoms with E-state index in [4.69, 9.17) is 0 Å². The Kier molecular flexibility index (Phi) is 6.51. The molecule has 2 amide bonds. The number of amides is 2.